The summed E-state index contributed by atoms with van der Waals surface area (Å²) in [4.78, 5) is 13.2. The summed E-state index contributed by atoms with van der Waals surface area (Å²) in [5, 5.41) is 9.73. The van der Waals surface area contributed by atoms with Crippen molar-refractivity contribution in [2.24, 2.45) is 0 Å². The predicted octanol–water partition coefficient (Wildman–Crippen LogP) is 6.71. The molecule has 0 radical (unpaired) electrons. The second kappa shape index (κ2) is 10.8. The predicted molar refractivity (Wildman–Crippen MR) is 110 cm³/mol. The molecule has 1 aromatic carbocycles. The fourth-order valence-electron chi connectivity index (χ4n) is 1.75. The number of esters is 1. The zero-order chi connectivity index (χ0) is 18.8. The highest BCUT2D eigenvalue weighted by Crippen LogP contribution is 2.30. The van der Waals surface area contributed by atoms with Gasteiger partial charge >= 0.3 is 5.97 Å². The number of aliphatic hydroxyl groups excluding tert-OH is 1. The minimum atomic E-state index is -0.639. The lowest BCUT2D eigenvalue weighted by Gasteiger charge is -2.07. The molecule has 3 nitrogen and oxygen atoms in total. The Bertz CT molecular complexity index is 824. The normalized spacial score (nSPS) is 11.3. The Hall–Kier alpha value is -2.02. The highest BCUT2D eigenvalue weighted by molar-refractivity contribution is 7.80. The van der Waals surface area contributed by atoms with Crippen LogP contribution in [0.1, 0.15) is 20.8 Å². The fraction of sp³-hybridized carbons (Fsp3) is 0.158. The van der Waals surface area contributed by atoms with Crippen molar-refractivity contribution in [2.75, 3.05) is 0 Å². The second-order valence-corrected chi connectivity index (χ2v) is 7.31. The average Bonchev–Trinajstić information content (AvgIpc) is 3.07. The van der Waals surface area contributed by atoms with Crippen LogP contribution in [0, 0.1) is 3.82 Å². The number of rotatable bonds is 5. The summed E-state index contributed by atoms with van der Waals surface area (Å²) < 4.78 is 6.13. The molecule has 0 aliphatic rings. The van der Waals surface area contributed by atoms with Crippen LogP contribution >= 0.6 is 32.9 Å². The number of allylic oxidation sites excluding steroid dienone is 3. The maximum Gasteiger partial charge on any atom is 0.347 e. The van der Waals surface area contributed by atoms with E-state index in [1.54, 1.807) is 39.7 Å². The van der Waals surface area contributed by atoms with E-state index in [1.165, 1.54) is 18.2 Å². The Morgan fingerprint density at radius 3 is 2.36 bits per heavy atom. The van der Waals surface area contributed by atoms with Crippen LogP contribution in [0.4, 0.5) is 0 Å². The Labute approximate surface area is 160 Å². The van der Waals surface area contributed by atoms with Crippen LogP contribution in [0.15, 0.2) is 66.5 Å². The van der Waals surface area contributed by atoms with E-state index in [2.05, 4.69) is 6.58 Å². The van der Waals surface area contributed by atoms with Gasteiger partial charge in [0.2, 0.25) is 0 Å². The summed E-state index contributed by atoms with van der Waals surface area (Å²) in [6, 6.07) is 9.09. The van der Waals surface area contributed by atoms with Crippen molar-refractivity contribution in [2.45, 2.75) is 20.8 Å². The van der Waals surface area contributed by atoms with E-state index in [0.717, 1.165) is 14.3 Å². The van der Waals surface area contributed by atoms with Gasteiger partial charge in [-0.15, -0.1) is 0 Å². The van der Waals surface area contributed by atoms with E-state index in [-0.39, 0.29) is 11.3 Å². The lowest BCUT2D eigenvalue weighted by Crippen LogP contribution is -2.12. The molecule has 25 heavy (non-hydrogen) atoms. The lowest BCUT2D eigenvalue weighted by atomic mass is 10.2. The average molecular weight is 393 g/mol. The van der Waals surface area contributed by atoms with Crippen molar-refractivity contribution in [3.8, 4) is 16.2 Å². The van der Waals surface area contributed by atoms with Crippen molar-refractivity contribution < 1.29 is 14.6 Å². The highest BCUT2D eigenvalue weighted by Gasteiger charge is 2.15. The molecule has 0 fully saturated rings. The first-order chi connectivity index (χ1) is 12.0. The van der Waals surface area contributed by atoms with Gasteiger partial charge in [-0.3, -0.25) is 0 Å². The van der Waals surface area contributed by atoms with Crippen LogP contribution in [0.5, 0.6) is 5.75 Å². The highest BCUT2D eigenvalue weighted by atomic mass is 32.9. The maximum atomic E-state index is 12.1. The van der Waals surface area contributed by atoms with Gasteiger partial charge < -0.3 is 9.84 Å². The SMILES string of the molecule is C=C/C=C(C(=O)Oc1ccc(-c2cc(=S)ss2)cc1)\C(O)=C/C.CC. The molecule has 0 aliphatic carbocycles. The summed E-state index contributed by atoms with van der Waals surface area (Å²) >= 11 is 5.12. The van der Waals surface area contributed by atoms with Gasteiger partial charge in [-0.1, -0.05) is 59.4 Å². The third kappa shape index (κ3) is 6.08. The topological polar surface area (TPSA) is 46.5 Å². The molecule has 0 aliphatic heterocycles. The number of carbonyl (C=O) groups excluding carboxylic acids is 1. The van der Waals surface area contributed by atoms with Crippen molar-refractivity contribution in [3.63, 3.8) is 0 Å². The largest absolute Gasteiger partial charge is 0.507 e. The maximum absolute atomic E-state index is 12.1. The quantitative estimate of drug-likeness (QED) is 0.117. The minimum Gasteiger partial charge on any atom is -0.507 e. The lowest BCUT2D eigenvalue weighted by molar-refractivity contribution is -0.130. The fourth-order valence-corrected chi connectivity index (χ4v) is 4.16. The third-order valence-electron chi connectivity index (χ3n) is 2.87. The van der Waals surface area contributed by atoms with Crippen LogP contribution in [-0.2, 0) is 4.79 Å². The van der Waals surface area contributed by atoms with Crippen molar-refractivity contribution >= 4 is 38.9 Å². The van der Waals surface area contributed by atoms with Crippen LogP contribution in [0.2, 0.25) is 0 Å². The van der Waals surface area contributed by atoms with Crippen LogP contribution in [0.3, 0.4) is 0 Å². The minimum absolute atomic E-state index is 0.0578. The number of hydrogen-bond acceptors (Lipinski definition) is 6. The molecule has 0 atom stereocenters. The summed E-state index contributed by atoms with van der Waals surface area (Å²) in [5.74, 6) is -0.388. The van der Waals surface area contributed by atoms with Gasteiger partial charge in [0.05, 0.1) is 0 Å². The van der Waals surface area contributed by atoms with Gasteiger partial charge in [0, 0.05) is 4.88 Å². The molecular formula is C19H20O3S3. The molecule has 0 saturated heterocycles. The summed E-state index contributed by atoms with van der Waals surface area (Å²) in [6.45, 7) is 9.15. The molecule has 0 unspecified atom stereocenters. The molecule has 1 heterocycles. The number of aliphatic hydroxyl groups is 1. The molecular weight excluding hydrogens is 372 g/mol. The van der Waals surface area contributed by atoms with Gasteiger partial charge in [-0.2, -0.15) is 0 Å². The standard InChI is InChI=1S/C17H14O3S3.C2H6/c1-3-5-13(14(18)4-2)17(19)20-12-8-6-11(7-9-12)15-10-16(21)23-22-15;1-2/h3-10,18H,1H2,2H3;1-2H3/b13-5+,14-4+;. The van der Waals surface area contributed by atoms with Crippen molar-refractivity contribution in [3.05, 3.63) is 70.3 Å². The monoisotopic (exact) mass is 392 g/mol. The van der Waals surface area contributed by atoms with E-state index in [4.69, 9.17) is 17.0 Å². The van der Waals surface area contributed by atoms with E-state index >= 15 is 0 Å². The molecule has 0 amide bonds. The Morgan fingerprint density at radius 2 is 1.88 bits per heavy atom. The Kier molecular flexibility index (Phi) is 9.05. The third-order valence-corrected chi connectivity index (χ3v) is 5.78. The molecule has 0 spiro atoms. The van der Waals surface area contributed by atoms with Crippen molar-refractivity contribution in [1.82, 2.24) is 0 Å². The van der Waals surface area contributed by atoms with Gasteiger partial charge in [-0.25, -0.2) is 4.79 Å². The molecule has 0 saturated carbocycles. The summed E-state index contributed by atoms with van der Waals surface area (Å²) in [7, 11) is 3.16. The number of hydrogen-bond donors (Lipinski definition) is 1. The van der Waals surface area contributed by atoms with Crippen LogP contribution < -0.4 is 4.74 Å². The number of benzene rings is 1. The molecule has 0 bridgehead atoms. The Balaban J connectivity index is 0.00000151. The molecule has 132 valence electrons. The van der Waals surface area contributed by atoms with Gasteiger partial charge in [0.25, 0.3) is 0 Å². The molecule has 1 N–H and O–H groups in total. The second-order valence-electron chi connectivity index (χ2n) is 4.40. The van der Waals surface area contributed by atoms with E-state index < -0.39 is 5.97 Å². The molecule has 6 heteroatoms. The van der Waals surface area contributed by atoms with E-state index in [9.17, 15) is 9.90 Å². The number of ether oxygens (including phenoxy) is 1. The number of carbonyl (C=O) groups is 1. The summed E-state index contributed by atoms with van der Waals surface area (Å²) in [6.07, 6.45) is 4.25. The smallest absolute Gasteiger partial charge is 0.347 e. The van der Waals surface area contributed by atoms with E-state index in [0.29, 0.717) is 5.75 Å². The van der Waals surface area contributed by atoms with Gasteiger partial charge in [0.15, 0.2) is 0 Å². The first-order valence-electron chi connectivity index (χ1n) is 7.66. The van der Waals surface area contributed by atoms with Crippen molar-refractivity contribution in [1.29, 1.82) is 0 Å². The molecule has 1 aromatic heterocycles. The Morgan fingerprint density at radius 1 is 1.24 bits per heavy atom. The van der Waals surface area contributed by atoms with Crippen LogP contribution in [0.25, 0.3) is 10.4 Å². The summed E-state index contributed by atoms with van der Waals surface area (Å²) in [5.41, 5.74) is 1.07. The molecule has 2 aromatic rings. The first-order valence-corrected chi connectivity index (χ1v) is 10.2. The van der Waals surface area contributed by atoms with Gasteiger partial charge in [-0.05, 0) is 55.0 Å². The zero-order valence-corrected chi connectivity index (χ0v) is 16.8. The van der Waals surface area contributed by atoms with E-state index in [1.807, 2.05) is 32.0 Å². The molecule has 2 rings (SSSR count). The first kappa shape index (κ1) is 21.0. The van der Waals surface area contributed by atoms with Gasteiger partial charge in [0.1, 0.15) is 20.9 Å². The van der Waals surface area contributed by atoms with Crippen LogP contribution in [-0.4, -0.2) is 11.1 Å². The zero-order valence-electron chi connectivity index (χ0n) is 14.3.